The Balaban J connectivity index is 1.83. The van der Waals surface area contributed by atoms with Crippen LogP contribution in [0.25, 0.3) is 10.8 Å². The number of nitrogens with one attached hydrogen (secondary N) is 1. The normalized spacial score (nSPS) is 12.6. The first-order valence-electron chi connectivity index (χ1n) is 11.8. The lowest BCUT2D eigenvalue weighted by Crippen LogP contribution is -2.51. The van der Waals surface area contributed by atoms with Crippen LogP contribution in [0.5, 0.6) is 0 Å². The lowest BCUT2D eigenvalue weighted by Gasteiger charge is -2.30. The monoisotopic (exact) mass is 513 g/mol. The van der Waals surface area contributed by atoms with Gasteiger partial charge in [-0.3, -0.25) is 9.59 Å². The van der Waals surface area contributed by atoms with Crippen molar-refractivity contribution in [2.75, 3.05) is 20.1 Å². The number of carbonyl (C=O) groups is 2. The fourth-order valence-electron chi connectivity index (χ4n) is 3.70. The van der Waals surface area contributed by atoms with E-state index in [1.54, 1.807) is 19.1 Å². The summed E-state index contributed by atoms with van der Waals surface area (Å²) in [5.74, 6) is -1.08. The predicted octanol–water partition coefficient (Wildman–Crippen LogP) is 3.79. The Labute approximate surface area is 212 Å². The number of halogens is 1. The highest BCUT2D eigenvalue weighted by Crippen LogP contribution is 2.22. The quantitative estimate of drug-likeness (QED) is 0.447. The van der Waals surface area contributed by atoms with Crippen LogP contribution in [-0.2, 0) is 26.2 Å². The zero-order valence-corrected chi connectivity index (χ0v) is 21.8. The molecule has 0 heterocycles. The van der Waals surface area contributed by atoms with Crippen molar-refractivity contribution in [2.24, 2.45) is 5.92 Å². The van der Waals surface area contributed by atoms with Crippen LogP contribution in [0.2, 0.25) is 0 Å². The van der Waals surface area contributed by atoms with E-state index >= 15 is 0 Å². The molecular formula is C27H32FN3O4S. The molecule has 36 heavy (non-hydrogen) atoms. The minimum absolute atomic E-state index is 0.0270. The second-order valence-electron chi connectivity index (χ2n) is 9.23. The van der Waals surface area contributed by atoms with Crippen molar-refractivity contribution in [2.45, 2.75) is 38.3 Å². The van der Waals surface area contributed by atoms with E-state index in [1.807, 2.05) is 38.1 Å². The second-order valence-corrected chi connectivity index (χ2v) is 11.3. The lowest BCUT2D eigenvalue weighted by molar-refractivity contribution is -0.140. The summed E-state index contributed by atoms with van der Waals surface area (Å²) in [6.07, 6.45) is 0. The molecule has 0 bridgehead atoms. The Morgan fingerprint density at radius 3 is 2.22 bits per heavy atom. The first-order valence-corrected chi connectivity index (χ1v) is 13.2. The Bertz CT molecular complexity index is 1330. The molecule has 7 nitrogen and oxygen atoms in total. The zero-order chi connectivity index (χ0) is 26.5. The Kier molecular flexibility index (Phi) is 8.81. The van der Waals surface area contributed by atoms with E-state index in [1.165, 1.54) is 42.3 Å². The average molecular weight is 514 g/mol. The average Bonchev–Trinajstić information content (AvgIpc) is 2.85. The molecule has 3 aromatic rings. The maximum Gasteiger partial charge on any atom is 0.243 e. The van der Waals surface area contributed by atoms with Gasteiger partial charge in [0, 0.05) is 20.1 Å². The number of carbonyl (C=O) groups excluding carboxylic acids is 2. The summed E-state index contributed by atoms with van der Waals surface area (Å²) in [5, 5.41) is 4.49. The van der Waals surface area contributed by atoms with Crippen LogP contribution in [0.3, 0.4) is 0 Å². The third-order valence-corrected chi connectivity index (χ3v) is 7.70. The molecule has 1 N–H and O–H groups in total. The van der Waals surface area contributed by atoms with E-state index in [-0.39, 0.29) is 23.3 Å². The van der Waals surface area contributed by atoms with Crippen molar-refractivity contribution in [3.05, 3.63) is 78.1 Å². The molecule has 0 aliphatic rings. The Morgan fingerprint density at radius 1 is 0.944 bits per heavy atom. The van der Waals surface area contributed by atoms with Crippen LogP contribution in [0.1, 0.15) is 26.3 Å². The summed E-state index contributed by atoms with van der Waals surface area (Å²) < 4.78 is 40.9. The molecule has 3 rings (SSSR count). The van der Waals surface area contributed by atoms with E-state index in [2.05, 4.69) is 5.32 Å². The van der Waals surface area contributed by atoms with Gasteiger partial charge in [0.15, 0.2) is 0 Å². The molecule has 0 saturated carbocycles. The molecule has 0 radical (unpaired) electrons. The van der Waals surface area contributed by atoms with Crippen LogP contribution in [0.15, 0.2) is 71.6 Å². The molecule has 0 aliphatic carbocycles. The summed E-state index contributed by atoms with van der Waals surface area (Å²) in [6, 6.07) is 17.0. The van der Waals surface area contributed by atoms with Crippen molar-refractivity contribution in [1.82, 2.24) is 14.5 Å². The number of amides is 2. The van der Waals surface area contributed by atoms with Crippen molar-refractivity contribution in [3.63, 3.8) is 0 Å². The maximum absolute atomic E-state index is 13.4. The highest BCUT2D eigenvalue weighted by molar-refractivity contribution is 7.89. The first kappa shape index (κ1) is 27.3. The van der Waals surface area contributed by atoms with E-state index in [9.17, 15) is 22.4 Å². The summed E-state index contributed by atoms with van der Waals surface area (Å²) in [6.45, 7) is 5.52. The van der Waals surface area contributed by atoms with Crippen LogP contribution in [-0.4, -0.2) is 55.6 Å². The molecule has 0 saturated heterocycles. The summed E-state index contributed by atoms with van der Waals surface area (Å²) >= 11 is 0. The standard InChI is InChI=1S/C27H32FN3O4S/c1-19(2)16-29-27(33)20(3)31(17-21-9-12-24(28)13-10-21)26(32)18-30(4)36(34,35)25-14-11-22-7-5-6-8-23(22)15-25/h5-15,19-20H,16-18H2,1-4H3,(H,29,33)/t20-/m0/s1. The summed E-state index contributed by atoms with van der Waals surface area (Å²) in [5.41, 5.74) is 0.619. The summed E-state index contributed by atoms with van der Waals surface area (Å²) in [7, 11) is -2.63. The highest BCUT2D eigenvalue weighted by atomic mass is 32.2. The van der Waals surface area contributed by atoms with E-state index < -0.39 is 34.3 Å². The number of hydrogen-bond acceptors (Lipinski definition) is 4. The van der Waals surface area contributed by atoms with Crippen LogP contribution in [0.4, 0.5) is 4.39 Å². The van der Waals surface area contributed by atoms with Gasteiger partial charge in [-0.25, -0.2) is 12.8 Å². The van der Waals surface area contributed by atoms with Crippen molar-refractivity contribution in [3.8, 4) is 0 Å². The summed E-state index contributed by atoms with van der Waals surface area (Å²) in [4.78, 5) is 27.5. The lowest BCUT2D eigenvalue weighted by atomic mass is 10.1. The van der Waals surface area contributed by atoms with Crippen molar-refractivity contribution >= 4 is 32.6 Å². The molecule has 2 amide bonds. The number of benzene rings is 3. The molecule has 1 atom stereocenters. The smallest absolute Gasteiger partial charge is 0.243 e. The maximum atomic E-state index is 13.4. The van der Waals surface area contributed by atoms with Gasteiger partial charge in [-0.2, -0.15) is 4.31 Å². The molecule has 0 aliphatic heterocycles. The van der Waals surface area contributed by atoms with Gasteiger partial charge >= 0.3 is 0 Å². The first-order chi connectivity index (χ1) is 17.0. The third-order valence-electron chi connectivity index (χ3n) is 5.91. The van der Waals surface area contributed by atoms with Crippen molar-refractivity contribution < 1.29 is 22.4 Å². The van der Waals surface area contributed by atoms with Gasteiger partial charge < -0.3 is 10.2 Å². The number of hydrogen-bond donors (Lipinski definition) is 1. The van der Waals surface area contributed by atoms with E-state index in [0.717, 1.165) is 15.1 Å². The Hall–Kier alpha value is -3.30. The van der Waals surface area contributed by atoms with Crippen LogP contribution >= 0.6 is 0 Å². The van der Waals surface area contributed by atoms with Gasteiger partial charge in [-0.05, 0) is 53.4 Å². The third kappa shape index (κ3) is 6.67. The molecule has 0 aromatic heterocycles. The van der Waals surface area contributed by atoms with Crippen LogP contribution in [0, 0.1) is 11.7 Å². The van der Waals surface area contributed by atoms with Gasteiger partial charge in [0.1, 0.15) is 11.9 Å². The van der Waals surface area contributed by atoms with Crippen molar-refractivity contribution in [1.29, 1.82) is 0 Å². The molecule has 0 spiro atoms. The highest BCUT2D eigenvalue weighted by Gasteiger charge is 2.30. The van der Waals surface area contributed by atoms with Crippen LogP contribution < -0.4 is 5.32 Å². The topological polar surface area (TPSA) is 86.8 Å². The SMILES string of the molecule is CC(C)CNC(=O)[C@H](C)N(Cc1ccc(F)cc1)C(=O)CN(C)S(=O)(=O)c1ccc2ccccc2c1. The second kappa shape index (κ2) is 11.6. The van der Waals surface area contributed by atoms with E-state index in [4.69, 9.17) is 0 Å². The molecule has 3 aromatic carbocycles. The van der Waals surface area contributed by atoms with Gasteiger partial charge in [-0.15, -0.1) is 0 Å². The minimum atomic E-state index is -3.97. The molecule has 192 valence electrons. The zero-order valence-electron chi connectivity index (χ0n) is 20.9. The molecule has 9 heteroatoms. The molecular weight excluding hydrogens is 481 g/mol. The fraction of sp³-hybridized carbons (Fsp3) is 0.333. The number of rotatable bonds is 10. The van der Waals surface area contributed by atoms with Gasteiger partial charge in [0.05, 0.1) is 11.4 Å². The fourth-order valence-corrected chi connectivity index (χ4v) is 4.85. The van der Waals surface area contributed by atoms with Gasteiger partial charge in [0.25, 0.3) is 0 Å². The minimum Gasteiger partial charge on any atom is -0.354 e. The van der Waals surface area contributed by atoms with E-state index in [0.29, 0.717) is 12.1 Å². The number of sulfonamides is 1. The predicted molar refractivity (Wildman–Crippen MR) is 138 cm³/mol. The molecule has 0 fully saturated rings. The number of likely N-dealkylation sites (N-methyl/N-ethyl adjacent to an activating group) is 1. The number of nitrogens with zero attached hydrogens (tertiary/aromatic N) is 2. The van der Waals surface area contributed by atoms with Gasteiger partial charge in [0.2, 0.25) is 21.8 Å². The van der Waals surface area contributed by atoms with Gasteiger partial charge in [-0.1, -0.05) is 56.3 Å². The molecule has 0 unspecified atom stereocenters. The largest absolute Gasteiger partial charge is 0.354 e. The Morgan fingerprint density at radius 2 is 1.58 bits per heavy atom. The number of fused-ring (bicyclic) bond motifs is 1.